The molecule has 0 saturated heterocycles. The molecular weight excluding hydrogens is 163 g/mol. The molecule has 1 rings (SSSR count). The zero-order valence-electron chi connectivity index (χ0n) is 6.16. The fraction of sp³-hybridized carbons (Fsp3) is 0.571. The van der Waals surface area contributed by atoms with E-state index >= 15 is 0 Å². The van der Waals surface area contributed by atoms with Crippen molar-refractivity contribution in [2.75, 3.05) is 12.4 Å². The molecule has 1 heterocycles. The van der Waals surface area contributed by atoms with Crippen LogP contribution in [-0.4, -0.2) is 23.6 Å². The van der Waals surface area contributed by atoms with Gasteiger partial charge in [-0.1, -0.05) is 11.8 Å². The van der Waals surface area contributed by atoms with Crippen molar-refractivity contribution in [2.24, 2.45) is 10.7 Å². The van der Waals surface area contributed by atoms with Crippen molar-refractivity contribution in [1.82, 2.24) is 0 Å². The van der Waals surface area contributed by atoms with Crippen LogP contribution in [0.1, 0.15) is 6.42 Å². The Bertz CT molecular complexity index is 156. The van der Waals surface area contributed by atoms with E-state index in [-0.39, 0.29) is 12.7 Å². The van der Waals surface area contributed by atoms with Crippen LogP contribution in [0.15, 0.2) is 4.99 Å². The summed E-state index contributed by atoms with van der Waals surface area (Å²) in [6.45, 7) is -0.374. The maximum absolute atomic E-state index is 11.9. The van der Waals surface area contributed by atoms with E-state index in [1.165, 1.54) is 11.8 Å². The van der Waals surface area contributed by atoms with Gasteiger partial charge in [-0.15, -0.1) is 12.8 Å². The first-order valence-corrected chi connectivity index (χ1v) is 4.17. The van der Waals surface area contributed by atoms with Gasteiger partial charge in [-0.25, -0.2) is 4.39 Å². The van der Waals surface area contributed by atoms with Gasteiger partial charge in [-0.2, -0.15) is 0 Å². The van der Waals surface area contributed by atoms with Crippen LogP contribution in [0, 0.1) is 12.8 Å². The van der Waals surface area contributed by atoms with Gasteiger partial charge in [0.15, 0.2) is 5.17 Å². The normalized spacial score (nSPS) is 22.8. The van der Waals surface area contributed by atoms with E-state index in [0.29, 0.717) is 5.17 Å². The highest BCUT2D eigenvalue weighted by molar-refractivity contribution is 8.13. The fourth-order valence-corrected chi connectivity index (χ4v) is 1.52. The molecule has 2 N–H and O–H groups in total. The predicted octanol–water partition coefficient (Wildman–Crippen LogP) is 1.03. The highest BCUT2D eigenvalue weighted by Gasteiger charge is 2.12. The quantitative estimate of drug-likeness (QED) is 0.603. The molecule has 0 radical (unpaired) electrons. The topological polar surface area (TPSA) is 38.4 Å². The van der Waals surface area contributed by atoms with Crippen LogP contribution in [0.3, 0.4) is 0 Å². The van der Waals surface area contributed by atoms with Crippen LogP contribution in [-0.2, 0) is 0 Å². The van der Waals surface area contributed by atoms with Gasteiger partial charge in [0.05, 0.1) is 6.04 Å². The second kappa shape index (κ2) is 6.05. The fourth-order valence-electron chi connectivity index (χ4n) is 0.693. The summed E-state index contributed by atoms with van der Waals surface area (Å²) >= 11 is 1.50. The van der Waals surface area contributed by atoms with Gasteiger partial charge in [0.2, 0.25) is 0 Å². The van der Waals surface area contributed by atoms with Gasteiger partial charge in [-0.05, 0) is 6.42 Å². The van der Waals surface area contributed by atoms with Crippen molar-refractivity contribution < 1.29 is 4.39 Å². The number of hydrogen-bond acceptors (Lipinski definition) is 3. The van der Waals surface area contributed by atoms with Crippen LogP contribution < -0.4 is 5.73 Å². The Labute approximate surface area is 70.5 Å². The van der Waals surface area contributed by atoms with Crippen LogP contribution >= 0.6 is 11.8 Å². The van der Waals surface area contributed by atoms with E-state index in [4.69, 9.17) is 5.73 Å². The lowest BCUT2D eigenvalue weighted by Crippen LogP contribution is -2.21. The van der Waals surface area contributed by atoms with E-state index in [1.807, 2.05) is 0 Å². The second-order valence-electron chi connectivity index (χ2n) is 1.91. The molecule has 0 bridgehead atoms. The van der Waals surface area contributed by atoms with Crippen LogP contribution in [0.5, 0.6) is 0 Å². The third-order valence-electron chi connectivity index (χ3n) is 1.19. The number of nitrogens with zero attached hydrogens (tertiary/aromatic N) is 1. The number of aliphatic imine (C=N–C) groups is 1. The number of thioether (sulfide) groups is 1. The number of hydrogen-bond donors (Lipinski definition) is 1. The summed E-state index contributed by atoms with van der Waals surface area (Å²) in [4.78, 5) is 3.88. The van der Waals surface area contributed by atoms with Crippen LogP contribution in [0.2, 0.25) is 0 Å². The Morgan fingerprint density at radius 2 is 2.36 bits per heavy atom. The highest BCUT2D eigenvalue weighted by atomic mass is 32.2. The SMILES string of the molecule is C#C.NC1=N[C@@H](CF)CCS1. The highest BCUT2D eigenvalue weighted by Crippen LogP contribution is 2.14. The molecule has 0 aromatic carbocycles. The third-order valence-corrected chi connectivity index (χ3v) is 2.03. The van der Waals surface area contributed by atoms with Crippen LogP contribution in [0.4, 0.5) is 4.39 Å². The standard InChI is InChI=1S/C5H9FN2S.C2H2/c6-3-4-1-2-9-5(7)8-4;1-2/h4H,1-3H2,(H2,7,8);1-2H/t4-;/m1./s1. The second-order valence-corrected chi connectivity index (χ2v) is 3.03. The molecular formula is C7H11FN2S. The first-order valence-electron chi connectivity index (χ1n) is 3.18. The lowest BCUT2D eigenvalue weighted by Gasteiger charge is -2.13. The Kier molecular flexibility index (Phi) is 5.67. The number of halogens is 1. The van der Waals surface area contributed by atoms with Crippen molar-refractivity contribution in [3.63, 3.8) is 0 Å². The minimum atomic E-state index is -0.374. The van der Waals surface area contributed by atoms with Crippen molar-refractivity contribution in [2.45, 2.75) is 12.5 Å². The van der Waals surface area contributed by atoms with Gasteiger partial charge in [0.1, 0.15) is 6.67 Å². The predicted molar refractivity (Wildman–Crippen MR) is 48.4 cm³/mol. The van der Waals surface area contributed by atoms with Gasteiger partial charge in [0, 0.05) is 5.75 Å². The van der Waals surface area contributed by atoms with Gasteiger partial charge in [0.25, 0.3) is 0 Å². The van der Waals surface area contributed by atoms with Crippen molar-refractivity contribution in [3.8, 4) is 12.8 Å². The maximum atomic E-state index is 11.9. The zero-order valence-corrected chi connectivity index (χ0v) is 6.98. The average molecular weight is 174 g/mol. The Hall–Kier alpha value is -0.690. The Morgan fingerprint density at radius 3 is 2.73 bits per heavy atom. The monoisotopic (exact) mass is 174 g/mol. The summed E-state index contributed by atoms with van der Waals surface area (Å²) in [5, 5.41) is 0.531. The third kappa shape index (κ3) is 3.89. The number of nitrogens with two attached hydrogens (primary N) is 1. The largest absolute Gasteiger partial charge is 0.379 e. The molecule has 2 nitrogen and oxygen atoms in total. The molecule has 0 spiro atoms. The molecule has 0 fully saturated rings. The Balaban J connectivity index is 0.000000461. The van der Waals surface area contributed by atoms with Crippen molar-refractivity contribution >= 4 is 16.9 Å². The summed E-state index contributed by atoms with van der Waals surface area (Å²) < 4.78 is 11.9. The lowest BCUT2D eigenvalue weighted by molar-refractivity contribution is 0.424. The average Bonchev–Trinajstić information content (AvgIpc) is 2.08. The number of amidine groups is 1. The summed E-state index contributed by atoms with van der Waals surface area (Å²) in [7, 11) is 0. The summed E-state index contributed by atoms with van der Waals surface area (Å²) in [6.07, 6.45) is 8.82. The number of rotatable bonds is 1. The van der Waals surface area contributed by atoms with E-state index < -0.39 is 0 Å². The lowest BCUT2D eigenvalue weighted by atomic mass is 10.3. The minimum Gasteiger partial charge on any atom is -0.379 e. The van der Waals surface area contributed by atoms with Crippen molar-refractivity contribution in [3.05, 3.63) is 0 Å². The Morgan fingerprint density at radius 1 is 1.73 bits per heavy atom. The molecule has 0 unspecified atom stereocenters. The summed E-state index contributed by atoms with van der Waals surface area (Å²) in [5.41, 5.74) is 5.35. The van der Waals surface area contributed by atoms with E-state index in [2.05, 4.69) is 17.8 Å². The molecule has 1 aliphatic rings. The first-order chi connectivity index (χ1) is 5.33. The molecule has 0 aliphatic carbocycles. The number of terminal acetylenes is 1. The minimum absolute atomic E-state index is 0.161. The summed E-state index contributed by atoms with van der Waals surface area (Å²) in [5.74, 6) is 0.907. The molecule has 0 aromatic heterocycles. The molecule has 11 heavy (non-hydrogen) atoms. The molecule has 0 amide bonds. The molecule has 4 heteroatoms. The maximum Gasteiger partial charge on any atom is 0.154 e. The first kappa shape index (κ1) is 10.3. The van der Waals surface area contributed by atoms with Gasteiger partial charge < -0.3 is 5.73 Å². The molecule has 1 atom stereocenters. The van der Waals surface area contributed by atoms with Gasteiger partial charge in [-0.3, -0.25) is 4.99 Å². The van der Waals surface area contributed by atoms with E-state index in [0.717, 1.165) is 12.2 Å². The van der Waals surface area contributed by atoms with Gasteiger partial charge >= 0.3 is 0 Å². The smallest absolute Gasteiger partial charge is 0.154 e. The summed E-state index contributed by atoms with van der Waals surface area (Å²) in [6, 6.07) is -0.161. The zero-order chi connectivity index (χ0) is 8.69. The molecule has 62 valence electrons. The van der Waals surface area contributed by atoms with E-state index in [9.17, 15) is 4.39 Å². The molecule has 1 aliphatic heterocycles. The van der Waals surface area contributed by atoms with Crippen LogP contribution in [0.25, 0.3) is 0 Å². The van der Waals surface area contributed by atoms with Crippen molar-refractivity contribution in [1.29, 1.82) is 0 Å². The number of alkyl halides is 1. The molecule has 0 aromatic rings. The van der Waals surface area contributed by atoms with E-state index in [1.54, 1.807) is 0 Å². The molecule has 0 saturated carbocycles.